The lowest BCUT2D eigenvalue weighted by Gasteiger charge is -2.24. The van der Waals surface area contributed by atoms with Gasteiger partial charge in [-0.05, 0) is 44.6 Å². The zero-order valence-electron chi connectivity index (χ0n) is 19.5. The van der Waals surface area contributed by atoms with Crippen LogP contribution in [0.2, 0.25) is 5.02 Å². The van der Waals surface area contributed by atoms with Crippen molar-refractivity contribution in [2.45, 2.75) is 49.5 Å². The van der Waals surface area contributed by atoms with E-state index in [2.05, 4.69) is 29.9 Å². The molecule has 3 aromatic rings. The van der Waals surface area contributed by atoms with Crippen molar-refractivity contribution < 1.29 is 17.9 Å². The Hall–Kier alpha value is -2.83. The van der Waals surface area contributed by atoms with Crippen molar-refractivity contribution in [2.75, 3.05) is 18.9 Å². The molecular weight excluding hydrogens is 494 g/mol. The molecule has 35 heavy (non-hydrogen) atoms. The molecule has 2 atom stereocenters. The van der Waals surface area contributed by atoms with Crippen molar-refractivity contribution >= 4 is 27.6 Å². The molecule has 3 aromatic heterocycles. The van der Waals surface area contributed by atoms with Crippen molar-refractivity contribution in [3.8, 4) is 17.4 Å². The SMILES string of the molecule is COc1cccc(-c2nnc(NS(=O)(=O)[C@@H](C)[C@H](OC)c3ncc(Cl)cn3)n2C2(C3CC3)CC2)n1. The van der Waals surface area contributed by atoms with Crippen LogP contribution in [0, 0.1) is 5.92 Å². The zero-order valence-corrected chi connectivity index (χ0v) is 21.1. The summed E-state index contributed by atoms with van der Waals surface area (Å²) in [6.07, 6.45) is 5.92. The van der Waals surface area contributed by atoms with E-state index in [0.29, 0.717) is 28.3 Å². The molecule has 3 heterocycles. The zero-order chi connectivity index (χ0) is 24.8. The minimum atomic E-state index is -3.98. The van der Waals surface area contributed by atoms with E-state index in [4.69, 9.17) is 21.1 Å². The number of anilines is 1. The second-order valence-corrected chi connectivity index (χ2v) is 11.4. The van der Waals surface area contributed by atoms with E-state index in [9.17, 15) is 8.42 Å². The standard InChI is InChI=1S/C22H26ClN7O4S/c1-13(18(34-3)19-24-11-15(23)12-25-19)35(31,32)29-21-28-27-20(16-5-4-6-17(26-16)33-2)30(21)22(9-10-22)14-7-8-14/h4-6,11-14,18H,7-10H2,1-3H3,(H,28,29)/t13-,18-/m0/s1. The maximum Gasteiger partial charge on any atom is 0.240 e. The van der Waals surface area contributed by atoms with Crippen LogP contribution in [0.5, 0.6) is 5.88 Å². The molecule has 0 bridgehead atoms. The highest BCUT2D eigenvalue weighted by Gasteiger charge is 2.57. The molecule has 0 saturated heterocycles. The highest BCUT2D eigenvalue weighted by atomic mass is 35.5. The molecule has 2 saturated carbocycles. The summed E-state index contributed by atoms with van der Waals surface area (Å²) in [7, 11) is -1.03. The molecule has 1 N–H and O–H groups in total. The molecule has 0 radical (unpaired) electrons. The lowest BCUT2D eigenvalue weighted by atomic mass is 10.1. The van der Waals surface area contributed by atoms with Crippen LogP contribution < -0.4 is 9.46 Å². The molecular formula is C22H26ClN7O4S. The Bertz CT molecular complexity index is 1320. The quantitative estimate of drug-likeness (QED) is 0.428. The predicted molar refractivity (Wildman–Crippen MR) is 129 cm³/mol. The van der Waals surface area contributed by atoms with Gasteiger partial charge >= 0.3 is 0 Å². The van der Waals surface area contributed by atoms with Crippen LogP contribution in [-0.2, 0) is 20.3 Å². The Morgan fingerprint density at radius 3 is 2.49 bits per heavy atom. The van der Waals surface area contributed by atoms with Crippen LogP contribution >= 0.6 is 11.6 Å². The van der Waals surface area contributed by atoms with Crippen molar-refractivity contribution in [1.82, 2.24) is 29.7 Å². The Morgan fingerprint density at radius 1 is 1.17 bits per heavy atom. The Labute approximate surface area is 208 Å². The van der Waals surface area contributed by atoms with Gasteiger partial charge < -0.3 is 9.47 Å². The molecule has 0 unspecified atom stereocenters. The average molecular weight is 520 g/mol. The molecule has 11 nitrogen and oxygen atoms in total. The number of nitrogens with zero attached hydrogens (tertiary/aromatic N) is 6. The van der Waals surface area contributed by atoms with Gasteiger partial charge in [0, 0.05) is 25.6 Å². The Balaban J connectivity index is 1.51. The number of halogens is 1. The van der Waals surface area contributed by atoms with Gasteiger partial charge in [-0.15, -0.1) is 10.2 Å². The normalized spacial score (nSPS) is 18.6. The summed E-state index contributed by atoms with van der Waals surface area (Å²) in [6.45, 7) is 1.54. The number of pyridine rings is 1. The number of nitrogens with one attached hydrogen (secondary N) is 1. The van der Waals surface area contributed by atoms with Gasteiger partial charge in [0.15, 0.2) is 11.6 Å². The Morgan fingerprint density at radius 2 is 1.89 bits per heavy atom. The van der Waals surface area contributed by atoms with E-state index in [0.717, 1.165) is 25.7 Å². The van der Waals surface area contributed by atoms with Gasteiger partial charge in [-0.2, -0.15) is 0 Å². The van der Waals surface area contributed by atoms with E-state index in [1.807, 2.05) is 16.7 Å². The van der Waals surface area contributed by atoms with Crippen LogP contribution in [-0.4, -0.2) is 57.6 Å². The van der Waals surface area contributed by atoms with Crippen LogP contribution in [0.3, 0.4) is 0 Å². The lowest BCUT2D eigenvalue weighted by Crippen LogP contribution is -2.34. The van der Waals surface area contributed by atoms with Crippen LogP contribution in [0.1, 0.15) is 44.5 Å². The third-order valence-corrected chi connectivity index (χ3v) is 8.56. The molecule has 2 aliphatic rings. The number of aromatic nitrogens is 6. The second-order valence-electron chi connectivity index (χ2n) is 8.89. The van der Waals surface area contributed by atoms with Gasteiger partial charge in [-0.3, -0.25) is 9.29 Å². The fraction of sp³-hybridized carbons (Fsp3) is 0.500. The number of ether oxygens (including phenoxy) is 2. The van der Waals surface area contributed by atoms with E-state index in [1.54, 1.807) is 13.2 Å². The predicted octanol–water partition coefficient (Wildman–Crippen LogP) is 3.21. The summed E-state index contributed by atoms with van der Waals surface area (Å²) in [5.74, 6) is 1.78. The fourth-order valence-corrected chi connectivity index (χ4v) is 5.74. The van der Waals surface area contributed by atoms with Gasteiger partial charge in [0.25, 0.3) is 0 Å². The van der Waals surface area contributed by atoms with Gasteiger partial charge in [0.1, 0.15) is 17.0 Å². The van der Waals surface area contributed by atoms with E-state index < -0.39 is 21.4 Å². The number of sulfonamides is 1. The third kappa shape index (κ3) is 4.45. The van der Waals surface area contributed by atoms with Gasteiger partial charge in [-0.25, -0.2) is 23.4 Å². The molecule has 2 aliphatic carbocycles. The van der Waals surface area contributed by atoms with E-state index >= 15 is 0 Å². The topological polar surface area (TPSA) is 134 Å². The number of hydrogen-bond donors (Lipinski definition) is 1. The largest absolute Gasteiger partial charge is 0.481 e. The lowest BCUT2D eigenvalue weighted by molar-refractivity contribution is 0.0950. The van der Waals surface area contributed by atoms with E-state index in [-0.39, 0.29) is 17.3 Å². The van der Waals surface area contributed by atoms with Crippen LogP contribution in [0.25, 0.3) is 11.5 Å². The summed E-state index contributed by atoms with van der Waals surface area (Å²) in [5.41, 5.74) is 0.344. The minimum Gasteiger partial charge on any atom is -0.481 e. The molecule has 186 valence electrons. The molecule has 0 amide bonds. The molecule has 2 fully saturated rings. The summed E-state index contributed by atoms with van der Waals surface area (Å²) < 4.78 is 42.3. The number of rotatable bonds is 10. The molecule has 0 spiro atoms. The first kappa shape index (κ1) is 23.9. The third-order valence-electron chi connectivity index (χ3n) is 6.67. The first-order chi connectivity index (χ1) is 16.8. The average Bonchev–Trinajstić information content (AvgIpc) is 3.78. The molecule has 5 rings (SSSR count). The minimum absolute atomic E-state index is 0.160. The maximum atomic E-state index is 13.5. The van der Waals surface area contributed by atoms with Crippen LogP contribution in [0.15, 0.2) is 30.6 Å². The molecule has 0 aliphatic heterocycles. The van der Waals surface area contributed by atoms with Crippen molar-refractivity contribution in [1.29, 1.82) is 0 Å². The highest BCUT2D eigenvalue weighted by Crippen LogP contribution is 2.61. The first-order valence-corrected chi connectivity index (χ1v) is 13.2. The first-order valence-electron chi connectivity index (χ1n) is 11.3. The van der Waals surface area contributed by atoms with Gasteiger partial charge in [0.05, 0.1) is 17.7 Å². The summed E-state index contributed by atoms with van der Waals surface area (Å²) in [4.78, 5) is 12.8. The fourth-order valence-electron chi connectivity index (χ4n) is 4.51. The smallest absolute Gasteiger partial charge is 0.240 e. The number of hydrogen-bond acceptors (Lipinski definition) is 9. The van der Waals surface area contributed by atoms with Crippen molar-refractivity contribution in [2.24, 2.45) is 5.92 Å². The molecule has 0 aromatic carbocycles. The van der Waals surface area contributed by atoms with Gasteiger partial charge in [0.2, 0.25) is 21.9 Å². The van der Waals surface area contributed by atoms with E-state index in [1.165, 1.54) is 26.4 Å². The summed E-state index contributed by atoms with van der Waals surface area (Å²) >= 11 is 5.88. The van der Waals surface area contributed by atoms with Crippen LogP contribution in [0.4, 0.5) is 5.95 Å². The summed E-state index contributed by atoms with van der Waals surface area (Å²) in [5, 5.41) is 7.92. The molecule has 13 heteroatoms. The summed E-state index contributed by atoms with van der Waals surface area (Å²) in [6, 6.07) is 5.37. The second kappa shape index (κ2) is 8.99. The van der Waals surface area contributed by atoms with Crippen molar-refractivity contribution in [3.05, 3.63) is 41.4 Å². The Kier molecular flexibility index (Phi) is 6.14. The monoisotopic (exact) mass is 519 g/mol. The maximum absolute atomic E-state index is 13.5. The highest BCUT2D eigenvalue weighted by molar-refractivity contribution is 7.93. The number of methoxy groups -OCH3 is 2. The van der Waals surface area contributed by atoms with Gasteiger partial charge in [-0.1, -0.05) is 17.7 Å². The van der Waals surface area contributed by atoms with Crippen molar-refractivity contribution in [3.63, 3.8) is 0 Å².